The van der Waals surface area contributed by atoms with Gasteiger partial charge in [0.15, 0.2) is 11.5 Å². The summed E-state index contributed by atoms with van der Waals surface area (Å²) in [6.07, 6.45) is -4.43. The Morgan fingerprint density at radius 1 is 1.11 bits per heavy atom. The lowest BCUT2D eigenvalue weighted by Crippen LogP contribution is -2.34. The molecule has 0 bridgehead atoms. The minimum Gasteiger partial charge on any atom is -0.454 e. The SMILES string of the molecule is CN(C)C(CNC(=O)c1ccc(C(F)(F)F)cc1)c1ccc2c(c1)OCO2.Cl. The van der Waals surface area contributed by atoms with Crippen LogP contribution in [0, 0.1) is 0 Å². The average molecular weight is 417 g/mol. The molecule has 9 heteroatoms. The van der Waals surface area contributed by atoms with Gasteiger partial charge in [-0.25, -0.2) is 0 Å². The van der Waals surface area contributed by atoms with E-state index in [9.17, 15) is 18.0 Å². The van der Waals surface area contributed by atoms with Gasteiger partial charge in [0.2, 0.25) is 6.79 Å². The van der Waals surface area contributed by atoms with Crippen molar-refractivity contribution in [2.75, 3.05) is 27.4 Å². The second-order valence-corrected chi connectivity index (χ2v) is 6.38. The Labute approximate surface area is 166 Å². The summed E-state index contributed by atoms with van der Waals surface area (Å²) in [5.41, 5.74) is 0.314. The minimum absolute atomic E-state index is 0. The molecule has 0 aliphatic carbocycles. The van der Waals surface area contributed by atoms with Gasteiger partial charge in [-0.2, -0.15) is 13.2 Å². The van der Waals surface area contributed by atoms with E-state index in [2.05, 4.69) is 5.32 Å². The lowest BCUT2D eigenvalue weighted by molar-refractivity contribution is -0.137. The predicted octanol–water partition coefficient (Wildman–Crippen LogP) is 3.89. The molecule has 3 rings (SSSR count). The highest BCUT2D eigenvalue weighted by molar-refractivity contribution is 5.94. The van der Waals surface area contributed by atoms with E-state index in [0.29, 0.717) is 11.5 Å². The van der Waals surface area contributed by atoms with E-state index in [1.54, 1.807) is 0 Å². The largest absolute Gasteiger partial charge is 0.454 e. The standard InChI is InChI=1S/C19H19F3N2O3.ClH/c1-24(2)15(13-5-8-16-17(9-13)27-11-26-16)10-23-18(25)12-3-6-14(7-4-12)19(20,21)22;/h3-9,15H,10-11H2,1-2H3,(H,23,25);1H. The van der Waals surface area contributed by atoms with Crippen LogP contribution in [0.3, 0.4) is 0 Å². The number of hydrogen-bond acceptors (Lipinski definition) is 4. The molecule has 0 saturated heterocycles. The fraction of sp³-hybridized carbons (Fsp3) is 0.316. The summed E-state index contributed by atoms with van der Waals surface area (Å²) in [5, 5.41) is 2.77. The third kappa shape index (κ3) is 4.88. The molecule has 1 N–H and O–H groups in total. The van der Waals surface area contributed by atoms with Crippen LogP contribution in [0.25, 0.3) is 0 Å². The van der Waals surface area contributed by atoms with Crippen LogP contribution < -0.4 is 14.8 Å². The number of rotatable bonds is 5. The van der Waals surface area contributed by atoms with Gasteiger partial charge in [0.25, 0.3) is 5.91 Å². The third-order valence-electron chi connectivity index (χ3n) is 4.34. The van der Waals surface area contributed by atoms with E-state index >= 15 is 0 Å². The number of hydrogen-bond donors (Lipinski definition) is 1. The van der Waals surface area contributed by atoms with E-state index in [0.717, 1.165) is 17.7 Å². The highest BCUT2D eigenvalue weighted by Gasteiger charge is 2.30. The van der Waals surface area contributed by atoms with Crippen LogP contribution in [0.1, 0.15) is 27.5 Å². The molecule has 5 nitrogen and oxygen atoms in total. The number of halogens is 4. The summed E-state index contributed by atoms with van der Waals surface area (Å²) in [4.78, 5) is 14.2. The molecule has 0 saturated carbocycles. The number of nitrogens with zero attached hydrogens (tertiary/aromatic N) is 1. The van der Waals surface area contributed by atoms with E-state index in [4.69, 9.17) is 9.47 Å². The Morgan fingerprint density at radius 2 is 1.75 bits per heavy atom. The van der Waals surface area contributed by atoms with Gasteiger partial charge >= 0.3 is 6.18 Å². The molecule has 1 heterocycles. The Bertz CT molecular complexity index is 826. The number of alkyl halides is 3. The molecule has 0 fully saturated rings. The first-order valence-electron chi connectivity index (χ1n) is 8.27. The van der Waals surface area contributed by atoms with Crippen molar-refractivity contribution < 1.29 is 27.4 Å². The van der Waals surface area contributed by atoms with Crippen molar-refractivity contribution in [2.45, 2.75) is 12.2 Å². The van der Waals surface area contributed by atoms with Crippen LogP contribution in [0.5, 0.6) is 11.5 Å². The maximum atomic E-state index is 12.6. The highest BCUT2D eigenvalue weighted by Crippen LogP contribution is 2.35. The fourth-order valence-electron chi connectivity index (χ4n) is 2.82. The van der Waals surface area contributed by atoms with E-state index in [1.807, 2.05) is 37.2 Å². The number of ether oxygens (including phenoxy) is 2. The molecule has 1 amide bonds. The Morgan fingerprint density at radius 3 is 2.36 bits per heavy atom. The Balaban J connectivity index is 0.00000280. The van der Waals surface area contributed by atoms with Crippen molar-refractivity contribution in [3.63, 3.8) is 0 Å². The molecule has 0 aromatic heterocycles. The second-order valence-electron chi connectivity index (χ2n) is 6.38. The van der Waals surface area contributed by atoms with Gasteiger partial charge in [0, 0.05) is 12.1 Å². The van der Waals surface area contributed by atoms with Crippen molar-refractivity contribution >= 4 is 18.3 Å². The topological polar surface area (TPSA) is 50.8 Å². The lowest BCUT2D eigenvalue weighted by atomic mass is 10.0. The molecule has 2 aromatic carbocycles. The van der Waals surface area contributed by atoms with Crippen molar-refractivity contribution in [1.29, 1.82) is 0 Å². The summed E-state index contributed by atoms with van der Waals surface area (Å²) in [5.74, 6) is 0.884. The number of fused-ring (bicyclic) bond motifs is 1. The molecule has 1 aliphatic heterocycles. The maximum Gasteiger partial charge on any atom is 0.416 e. The van der Waals surface area contributed by atoms with Crippen LogP contribution in [-0.4, -0.2) is 38.2 Å². The smallest absolute Gasteiger partial charge is 0.416 e. The van der Waals surface area contributed by atoms with Gasteiger partial charge < -0.3 is 19.7 Å². The molecule has 1 aliphatic rings. The monoisotopic (exact) mass is 416 g/mol. The number of likely N-dealkylation sites (N-methyl/N-ethyl adjacent to an activating group) is 1. The summed E-state index contributed by atoms with van der Waals surface area (Å²) >= 11 is 0. The number of nitrogens with one attached hydrogen (secondary N) is 1. The van der Waals surface area contributed by atoms with Gasteiger partial charge in [-0.1, -0.05) is 6.07 Å². The van der Waals surface area contributed by atoms with Crippen molar-refractivity contribution in [3.05, 3.63) is 59.2 Å². The first-order valence-corrected chi connectivity index (χ1v) is 8.27. The number of benzene rings is 2. The summed E-state index contributed by atoms with van der Waals surface area (Å²) in [6, 6.07) is 9.56. The van der Waals surface area contributed by atoms with E-state index in [1.165, 1.54) is 12.1 Å². The van der Waals surface area contributed by atoms with Gasteiger partial charge in [0.1, 0.15) is 0 Å². The third-order valence-corrected chi connectivity index (χ3v) is 4.34. The molecular formula is C19H20ClF3N2O3. The van der Waals surface area contributed by atoms with Crippen molar-refractivity contribution in [2.24, 2.45) is 0 Å². The van der Waals surface area contributed by atoms with E-state index < -0.39 is 17.6 Å². The van der Waals surface area contributed by atoms with Gasteiger partial charge in [-0.15, -0.1) is 12.4 Å². The Kier molecular flexibility index (Phi) is 6.79. The predicted molar refractivity (Wildman–Crippen MR) is 100 cm³/mol. The minimum atomic E-state index is -4.43. The van der Waals surface area contributed by atoms with Crippen LogP contribution in [-0.2, 0) is 6.18 Å². The molecule has 0 spiro atoms. The Hall–Kier alpha value is -2.45. The quantitative estimate of drug-likeness (QED) is 0.803. The second kappa shape index (κ2) is 8.70. The fourth-order valence-corrected chi connectivity index (χ4v) is 2.82. The zero-order chi connectivity index (χ0) is 19.6. The molecule has 1 unspecified atom stereocenters. The molecule has 0 radical (unpaired) electrons. The van der Waals surface area contributed by atoms with Gasteiger partial charge in [-0.3, -0.25) is 4.79 Å². The zero-order valence-electron chi connectivity index (χ0n) is 15.2. The van der Waals surface area contributed by atoms with Crippen molar-refractivity contribution in [3.8, 4) is 11.5 Å². The zero-order valence-corrected chi connectivity index (χ0v) is 16.1. The van der Waals surface area contributed by atoms with Crippen LogP contribution in [0.15, 0.2) is 42.5 Å². The van der Waals surface area contributed by atoms with Crippen LogP contribution in [0.4, 0.5) is 13.2 Å². The lowest BCUT2D eigenvalue weighted by Gasteiger charge is -2.25. The highest BCUT2D eigenvalue weighted by atomic mass is 35.5. The summed E-state index contributed by atoms with van der Waals surface area (Å²) in [6.45, 7) is 0.461. The van der Waals surface area contributed by atoms with Crippen LogP contribution >= 0.6 is 12.4 Å². The van der Waals surface area contributed by atoms with Crippen molar-refractivity contribution in [1.82, 2.24) is 10.2 Å². The molecular weight excluding hydrogens is 397 g/mol. The first kappa shape index (κ1) is 21.8. The number of carbonyl (C=O) groups is 1. The van der Waals surface area contributed by atoms with Gasteiger partial charge in [-0.05, 0) is 56.1 Å². The van der Waals surface area contributed by atoms with E-state index in [-0.39, 0.29) is 37.4 Å². The average Bonchev–Trinajstić information content (AvgIpc) is 3.08. The molecule has 28 heavy (non-hydrogen) atoms. The van der Waals surface area contributed by atoms with Gasteiger partial charge in [0.05, 0.1) is 11.6 Å². The molecule has 1 atom stereocenters. The molecule has 2 aromatic rings. The normalized spacial score (nSPS) is 13.8. The van der Waals surface area contributed by atoms with Crippen LogP contribution in [0.2, 0.25) is 0 Å². The first-order chi connectivity index (χ1) is 12.8. The molecule has 152 valence electrons. The maximum absolute atomic E-state index is 12.6. The number of carbonyl (C=O) groups excluding carboxylic acids is 1. The number of amides is 1. The summed E-state index contributed by atoms with van der Waals surface area (Å²) in [7, 11) is 3.75. The summed E-state index contributed by atoms with van der Waals surface area (Å²) < 4.78 is 48.5.